The van der Waals surface area contributed by atoms with Crippen LogP contribution >= 0.6 is 23.4 Å². The van der Waals surface area contributed by atoms with Gasteiger partial charge in [-0.25, -0.2) is 0 Å². The van der Waals surface area contributed by atoms with Crippen LogP contribution in [0, 0.1) is 0 Å². The minimum atomic E-state index is -0.958. The molecular weight excluding hydrogens is 500 g/mol. The number of halogens is 1. The van der Waals surface area contributed by atoms with Gasteiger partial charge in [0, 0.05) is 23.5 Å². The van der Waals surface area contributed by atoms with Gasteiger partial charge in [-0.15, -0.1) is 0 Å². The average molecular weight is 527 g/mol. The quantitative estimate of drug-likeness (QED) is 0.490. The van der Waals surface area contributed by atoms with Gasteiger partial charge in [0.2, 0.25) is 0 Å². The molecule has 2 aromatic carbocycles. The third-order valence-electron chi connectivity index (χ3n) is 6.27. The number of morpholine rings is 1. The number of amidine groups is 1. The number of hydrogen-bond acceptors (Lipinski definition) is 7. The predicted molar refractivity (Wildman–Crippen MR) is 142 cm³/mol. The van der Waals surface area contributed by atoms with Crippen molar-refractivity contribution in [1.29, 1.82) is 0 Å². The molecule has 1 atom stereocenters. The molecule has 1 amide bonds. The number of carbonyl (C=O) groups excluding carboxylic acids is 1. The number of thioether (sulfide) groups is 1. The normalized spacial score (nSPS) is 20.0. The van der Waals surface area contributed by atoms with Crippen molar-refractivity contribution in [2.24, 2.45) is 4.99 Å². The maximum atomic E-state index is 12.5. The van der Waals surface area contributed by atoms with E-state index in [-0.39, 0.29) is 18.6 Å². The fourth-order valence-electron chi connectivity index (χ4n) is 4.23. The number of aromatic nitrogens is 2. The predicted octanol–water partition coefficient (Wildman–Crippen LogP) is 3.63. The average Bonchev–Trinajstić information content (AvgIpc) is 3.42. The Balaban J connectivity index is 1.32. The first kappa shape index (κ1) is 25.0. The maximum absolute atomic E-state index is 12.5. The lowest BCUT2D eigenvalue weighted by atomic mass is 9.97. The van der Waals surface area contributed by atoms with Crippen molar-refractivity contribution in [1.82, 2.24) is 14.7 Å². The van der Waals surface area contributed by atoms with Crippen LogP contribution in [0.2, 0.25) is 5.02 Å². The van der Waals surface area contributed by atoms with Gasteiger partial charge in [0.25, 0.3) is 5.91 Å². The molecule has 5 rings (SSSR count). The van der Waals surface area contributed by atoms with E-state index >= 15 is 0 Å². The van der Waals surface area contributed by atoms with E-state index < -0.39 is 5.60 Å². The van der Waals surface area contributed by atoms with Crippen molar-refractivity contribution in [2.75, 3.05) is 26.3 Å². The largest absolute Gasteiger partial charge is 0.394 e. The molecule has 1 unspecified atom stereocenters. The van der Waals surface area contributed by atoms with E-state index in [2.05, 4.69) is 10.1 Å². The molecule has 36 heavy (non-hydrogen) atoms. The maximum Gasteiger partial charge on any atom is 0.286 e. The van der Waals surface area contributed by atoms with E-state index in [9.17, 15) is 15.0 Å². The fraction of sp³-hybridized carbons (Fsp3) is 0.346. The highest BCUT2D eigenvalue weighted by atomic mass is 35.5. The van der Waals surface area contributed by atoms with Crippen LogP contribution < -0.4 is 0 Å². The third kappa shape index (κ3) is 5.21. The van der Waals surface area contributed by atoms with Crippen LogP contribution in [0.1, 0.15) is 30.5 Å². The summed E-state index contributed by atoms with van der Waals surface area (Å²) in [6, 6.07) is 11.5. The lowest BCUT2D eigenvalue weighted by Gasteiger charge is -2.32. The number of fused-ring (bicyclic) bond motifs is 1. The van der Waals surface area contributed by atoms with Gasteiger partial charge in [-0.05, 0) is 66.6 Å². The van der Waals surface area contributed by atoms with Gasteiger partial charge in [-0.2, -0.15) is 10.1 Å². The summed E-state index contributed by atoms with van der Waals surface area (Å²) >= 11 is 7.84. The summed E-state index contributed by atoms with van der Waals surface area (Å²) in [5, 5.41) is 26.3. The summed E-state index contributed by atoms with van der Waals surface area (Å²) in [7, 11) is 0. The SMILES string of the molecule is CC(C)(O)c1ccc(Cn2ncc3cc(C=C4SC(N5CCOC(CO)C5)=NC4=O)ccc32)c(Cl)c1. The van der Waals surface area contributed by atoms with Crippen molar-refractivity contribution in [2.45, 2.75) is 32.1 Å². The van der Waals surface area contributed by atoms with E-state index in [1.54, 1.807) is 26.1 Å². The number of aliphatic imine (C=N–C) groups is 1. The van der Waals surface area contributed by atoms with Crippen molar-refractivity contribution in [3.05, 3.63) is 69.2 Å². The molecule has 1 saturated heterocycles. The van der Waals surface area contributed by atoms with Crippen molar-refractivity contribution in [3.8, 4) is 0 Å². The number of amides is 1. The summed E-state index contributed by atoms with van der Waals surface area (Å²) in [5.41, 5.74) is 2.54. The summed E-state index contributed by atoms with van der Waals surface area (Å²) in [6.07, 6.45) is 3.37. The van der Waals surface area contributed by atoms with Gasteiger partial charge in [-0.3, -0.25) is 9.48 Å². The monoisotopic (exact) mass is 526 g/mol. The number of ether oxygens (including phenoxy) is 1. The van der Waals surface area contributed by atoms with Crippen LogP contribution in [0.4, 0.5) is 0 Å². The molecule has 0 spiro atoms. The van der Waals surface area contributed by atoms with Crippen molar-refractivity contribution >= 4 is 51.4 Å². The molecule has 1 aromatic heterocycles. The third-order valence-corrected chi connectivity index (χ3v) is 7.66. The second-order valence-electron chi connectivity index (χ2n) is 9.42. The molecule has 10 heteroatoms. The Hall–Kier alpha value is -2.69. The molecule has 0 aliphatic carbocycles. The molecule has 2 aliphatic rings. The number of aliphatic hydroxyl groups excluding tert-OH is 1. The first-order valence-electron chi connectivity index (χ1n) is 11.7. The Labute approximate surface area is 218 Å². The van der Waals surface area contributed by atoms with E-state index in [0.717, 1.165) is 27.6 Å². The second-order valence-corrected chi connectivity index (χ2v) is 10.8. The van der Waals surface area contributed by atoms with Gasteiger partial charge in [-0.1, -0.05) is 29.8 Å². The van der Waals surface area contributed by atoms with Crippen LogP contribution in [0.15, 0.2) is 52.5 Å². The minimum Gasteiger partial charge on any atom is -0.394 e. The lowest BCUT2D eigenvalue weighted by molar-refractivity contribution is -0.113. The van der Waals surface area contributed by atoms with Crippen LogP contribution in [0.3, 0.4) is 0 Å². The molecule has 8 nitrogen and oxygen atoms in total. The van der Waals surface area contributed by atoms with Crippen LogP contribution in [-0.4, -0.2) is 68.4 Å². The molecule has 2 N–H and O–H groups in total. The lowest BCUT2D eigenvalue weighted by Crippen LogP contribution is -2.45. The van der Waals surface area contributed by atoms with Crippen LogP contribution in [0.5, 0.6) is 0 Å². The number of aliphatic hydroxyl groups is 2. The van der Waals surface area contributed by atoms with Gasteiger partial charge < -0.3 is 19.8 Å². The summed E-state index contributed by atoms with van der Waals surface area (Å²) in [6.45, 7) is 5.54. The second kappa shape index (κ2) is 9.99. The molecule has 0 saturated carbocycles. The highest BCUT2D eigenvalue weighted by molar-refractivity contribution is 8.18. The first-order chi connectivity index (χ1) is 17.2. The van der Waals surface area contributed by atoms with E-state index in [0.29, 0.717) is 41.3 Å². The van der Waals surface area contributed by atoms with E-state index in [4.69, 9.17) is 16.3 Å². The van der Waals surface area contributed by atoms with Gasteiger partial charge in [0.1, 0.15) is 0 Å². The van der Waals surface area contributed by atoms with Crippen molar-refractivity contribution < 1.29 is 19.7 Å². The molecule has 3 aromatic rings. The molecule has 3 heterocycles. The number of nitrogens with zero attached hydrogens (tertiary/aromatic N) is 4. The first-order valence-corrected chi connectivity index (χ1v) is 12.9. The summed E-state index contributed by atoms with van der Waals surface area (Å²) in [5.74, 6) is -0.262. The summed E-state index contributed by atoms with van der Waals surface area (Å²) in [4.78, 5) is 19.3. The number of hydrogen-bond donors (Lipinski definition) is 2. The zero-order valence-electron chi connectivity index (χ0n) is 20.0. The van der Waals surface area contributed by atoms with Crippen LogP contribution in [0.25, 0.3) is 17.0 Å². The van der Waals surface area contributed by atoms with Gasteiger partial charge >= 0.3 is 0 Å². The summed E-state index contributed by atoms with van der Waals surface area (Å²) < 4.78 is 7.37. The Morgan fingerprint density at radius 3 is 2.86 bits per heavy atom. The van der Waals surface area contributed by atoms with E-state index in [1.807, 2.05) is 46.0 Å². The van der Waals surface area contributed by atoms with Crippen molar-refractivity contribution in [3.63, 3.8) is 0 Å². The Bertz CT molecular complexity index is 1380. The highest BCUT2D eigenvalue weighted by Crippen LogP contribution is 2.32. The molecule has 0 bridgehead atoms. The number of rotatable bonds is 5. The number of carbonyl (C=O) groups is 1. The molecule has 0 radical (unpaired) electrons. The molecular formula is C26H27ClN4O4S. The molecule has 2 aliphatic heterocycles. The Kier molecular flexibility index (Phi) is 6.93. The Morgan fingerprint density at radius 2 is 2.11 bits per heavy atom. The molecule has 1 fully saturated rings. The standard InChI is InChI=1S/C26H27ClN4O4S/c1-26(2,34)19-5-4-17(21(27)11-19)13-31-22-6-3-16(9-18(22)12-28-31)10-23-24(33)29-25(36-23)30-7-8-35-20(14-30)15-32/h3-6,9-12,20,32,34H,7-8,13-15H2,1-2H3. The van der Waals surface area contributed by atoms with Gasteiger partial charge in [0.15, 0.2) is 5.17 Å². The fourth-order valence-corrected chi connectivity index (χ4v) is 5.42. The zero-order valence-corrected chi connectivity index (χ0v) is 21.6. The molecule has 188 valence electrons. The van der Waals surface area contributed by atoms with Gasteiger partial charge in [0.05, 0.1) is 48.1 Å². The van der Waals surface area contributed by atoms with Crippen LogP contribution in [-0.2, 0) is 21.7 Å². The topological polar surface area (TPSA) is 100 Å². The Morgan fingerprint density at radius 1 is 1.28 bits per heavy atom. The smallest absolute Gasteiger partial charge is 0.286 e. The zero-order chi connectivity index (χ0) is 25.4. The minimum absolute atomic E-state index is 0.0584. The van der Waals surface area contributed by atoms with E-state index in [1.165, 1.54) is 11.8 Å². The number of benzene rings is 2. The highest BCUT2D eigenvalue weighted by Gasteiger charge is 2.29.